The molecule has 1 aromatic carbocycles. The Morgan fingerprint density at radius 1 is 1.29 bits per heavy atom. The van der Waals surface area contributed by atoms with Crippen LogP contribution in [0.25, 0.3) is 0 Å². The lowest BCUT2D eigenvalue weighted by Crippen LogP contribution is -2.42. The molecule has 0 unspecified atom stereocenters. The maximum Gasteiger partial charge on any atom is 0.387 e. The fraction of sp³-hybridized carbons (Fsp3) is 0.588. The van der Waals surface area contributed by atoms with E-state index in [1.54, 1.807) is 12.1 Å². The van der Waals surface area contributed by atoms with Crippen molar-refractivity contribution in [2.45, 2.75) is 51.0 Å². The Morgan fingerprint density at radius 2 is 1.96 bits per heavy atom. The minimum Gasteiger partial charge on any atom is -0.435 e. The molecule has 7 heteroatoms. The van der Waals surface area contributed by atoms with E-state index >= 15 is 0 Å². The van der Waals surface area contributed by atoms with Gasteiger partial charge in [0.2, 0.25) is 5.91 Å². The lowest BCUT2D eigenvalue weighted by atomic mass is 9.86. The van der Waals surface area contributed by atoms with Gasteiger partial charge in [0.15, 0.2) is 0 Å². The number of carbonyl (C=O) groups is 1. The largest absolute Gasteiger partial charge is 0.435 e. The first kappa shape index (κ1) is 18.8. The first-order valence-corrected chi connectivity index (χ1v) is 9.61. The van der Waals surface area contributed by atoms with E-state index in [4.69, 9.17) is 0 Å². The molecule has 0 aromatic heterocycles. The summed E-state index contributed by atoms with van der Waals surface area (Å²) in [5, 5.41) is 2.98. The van der Waals surface area contributed by atoms with Gasteiger partial charge in [0.25, 0.3) is 0 Å². The van der Waals surface area contributed by atoms with Gasteiger partial charge < -0.3 is 10.1 Å². The van der Waals surface area contributed by atoms with Crippen molar-refractivity contribution in [1.29, 1.82) is 0 Å². The highest BCUT2D eigenvalue weighted by Crippen LogP contribution is 2.23. The third kappa shape index (κ3) is 6.19. The molecule has 2 rings (SSSR count). The number of halogens is 2. The van der Waals surface area contributed by atoms with Gasteiger partial charge in [-0.3, -0.25) is 9.00 Å². The summed E-state index contributed by atoms with van der Waals surface area (Å²) in [5.41, 5.74) is 0.716. The van der Waals surface area contributed by atoms with Gasteiger partial charge in [0, 0.05) is 22.6 Å². The van der Waals surface area contributed by atoms with Gasteiger partial charge in [0.1, 0.15) is 11.5 Å². The van der Waals surface area contributed by atoms with E-state index in [2.05, 4.69) is 17.0 Å². The van der Waals surface area contributed by atoms with Crippen LogP contribution in [0.3, 0.4) is 0 Å². The topological polar surface area (TPSA) is 55.4 Å². The number of carbonyl (C=O) groups excluding carboxylic acids is 1. The molecule has 1 saturated carbocycles. The third-order valence-corrected chi connectivity index (χ3v) is 5.47. The van der Waals surface area contributed by atoms with Gasteiger partial charge in [-0.05, 0) is 36.5 Å². The molecule has 0 spiro atoms. The van der Waals surface area contributed by atoms with Crippen LogP contribution in [0.1, 0.15) is 38.2 Å². The van der Waals surface area contributed by atoms with Crippen LogP contribution in [0.2, 0.25) is 0 Å². The zero-order valence-electron chi connectivity index (χ0n) is 13.7. The molecule has 1 fully saturated rings. The van der Waals surface area contributed by atoms with Crippen LogP contribution >= 0.6 is 0 Å². The normalized spacial score (nSPS) is 22.2. The summed E-state index contributed by atoms with van der Waals surface area (Å²) in [6, 6.07) is 6.15. The van der Waals surface area contributed by atoms with Crippen molar-refractivity contribution in [1.82, 2.24) is 5.32 Å². The van der Waals surface area contributed by atoms with Crippen LogP contribution in [0, 0.1) is 5.92 Å². The van der Waals surface area contributed by atoms with Gasteiger partial charge >= 0.3 is 6.61 Å². The second kappa shape index (κ2) is 9.11. The van der Waals surface area contributed by atoms with Crippen LogP contribution in [-0.4, -0.2) is 28.5 Å². The molecule has 134 valence electrons. The Labute approximate surface area is 143 Å². The number of amides is 1. The zero-order chi connectivity index (χ0) is 17.5. The molecule has 0 aliphatic heterocycles. The molecule has 1 aromatic rings. The van der Waals surface area contributed by atoms with Crippen LogP contribution in [0.15, 0.2) is 24.3 Å². The number of hydrogen-bond acceptors (Lipinski definition) is 3. The van der Waals surface area contributed by atoms with Gasteiger partial charge in [-0.1, -0.05) is 31.9 Å². The lowest BCUT2D eigenvalue weighted by molar-refractivity contribution is -0.119. The van der Waals surface area contributed by atoms with E-state index in [0.717, 1.165) is 19.3 Å². The number of rotatable bonds is 7. The van der Waals surface area contributed by atoms with E-state index in [-0.39, 0.29) is 29.2 Å². The Bertz CT molecular complexity index is 565. The summed E-state index contributed by atoms with van der Waals surface area (Å²) in [7, 11) is -1.34. The predicted octanol–water partition coefficient (Wildman–Crippen LogP) is 3.23. The minimum absolute atomic E-state index is 0.0431. The van der Waals surface area contributed by atoms with Crippen molar-refractivity contribution in [3.63, 3.8) is 0 Å². The molecule has 4 nitrogen and oxygen atoms in total. The van der Waals surface area contributed by atoms with Crippen LogP contribution in [0.5, 0.6) is 5.75 Å². The van der Waals surface area contributed by atoms with Crippen molar-refractivity contribution >= 4 is 16.7 Å². The van der Waals surface area contributed by atoms with Crippen molar-refractivity contribution in [3.05, 3.63) is 29.8 Å². The maximum absolute atomic E-state index is 12.1. The molecule has 0 heterocycles. The molecule has 1 aliphatic carbocycles. The number of alkyl halides is 2. The average Bonchev–Trinajstić information content (AvgIpc) is 2.51. The van der Waals surface area contributed by atoms with Gasteiger partial charge in [-0.25, -0.2) is 0 Å². The Morgan fingerprint density at radius 3 is 2.58 bits per heavy atom. The van der Waals surface area contributed by atoms with Crippen molar-refractivity contribution in [3.8, 4) is 5.75 Å². The van der Waals surface area contributed by atoms with E-state index in [9.17, 15) is 17.8 Å². The maximum atomic E-state index is 12.1. The molecule has 0 bridgehead atoms. The smallest absolute Gasteiger partial charge is 0.387 e. The predicted molar refractivity (Wildman–Crippen MR) is 89.4 cm³/mol. The molecule has 1 N–H and O–H groups in total. The fourth-order valence-electron chi connectivity index (χ4n) is 2.93. The summed E-state index contributed by atoms with van der Waals surface area (Å²) in [6.45, 7) is -0.736. The van der Waals surface area contributed by atoms with E-state index in [0.29, 0.717) is 11.5 Å². The summed E-state index contributed by atoms with van der Waals surface area (Å²) in [5.74, 6) is 0.494. The molecule has 0 saturated heterocycles. The molecule has 1 aliphatic rings. The first-order valence-electron chi connectivity index (χ1n) is 8.12. The Kier molecular flexibility index (Phi) is 7.15. The van der Waals surface area contributed by atoms with E-state index < -0.39 is 17.4 Å². The molecule has 3 atom stereocenters. The quantitative estimate of drug-likeness (QED) is 0.813. The average molecular weight is 359 g/mol. The van der Waals surface area contributed by atoms with Crippen molar-refractivity contribution < 1.29 is 22.5 Å². The molecular weight excluding hydrogens is 336 g/mol. The van der Waals surface area contributed by atoms with Crippen LogP contribution in [0.4, 0.5) is 8.78 Å². The van der Waals surface area contributed by atoms with Gasteiger partial charge in [-0.2, -0.15) is 8.78 Å². The third-order valence-electron chi connectivity index (χ3n) is 4.23. The van der Waals surface area contributed by atoms with Gasteiger partial charge in [0.05, 0.1) is 0 Å². The zero-order valence-corrected chi connectivity index (χ0v) is 14.5. The highest BCUT2D eigenvalue weighted by molar-refractivity contribution is 7.84. The van der Waals surface area contributed by atoms with Gasteiger partial charge in [-0.15, -0.1) is 0 Å². The first-order chi connectivity index (χ1) is 11.4. The minimum atomic E-state index is -2.86. The Hall–Kier alpha value is -1.50. The van der Waals surface area contributed by atoms with E-state index in [1.807, 2.05) is 0 Å². The summed E-state index contributed by atoms with van der Waals surface area (Å²) < 4.78 is 40.5. The lowest BCUT2D eigenvalue weighted by Gasteiger charge is -2.29. The summed E-state index contributed by atoms with van der Waals surface area (Å²) >= 11 is 0. The Balaban J connectivity index is 1.78. The number of nitrogens with one attached hydrogen (secondary N) is 1. The number of hydrogen-bond donors (Lipinski definition) is 1. The van der Waals surface area contributed by atoms with E-state index in [1.165, 1.54) is 18.6 Å². The SMILES string of the molecule is C[C@@H]1CCCC[C@@H]1NC(=O)C[S@@](=O)Cc1ccc(OC(F)F)cc1. The fourth-order valence-corrected chi connectivity index (χ4v) is 3.97. The molecule has 24 heavy (non-hydrogen) atoms. The van der Waals surface area contributed by atoms with Crippen molar-refractivity contribution in [2.24, 2.45) is 5.92 Å². The molecule has 1 amide bonds. The second-order valence-corrected chi connectivity index (χ2v) is 7.64. The highest BCUT2D eigenvalue weighted by Gasteiger charge is 2.23. The summed E-state index contributed by atoms with van der Waals surface area (Å²) in [4.78, 5) is 12.0. The molecular formula is C17H23F2NO3S. The standard InChI is InChI=1S/C17H23F2NO3S/c1-12-4-2-3-5-15(12)20-16(21)11-24(22)10-13-6-8-14(9-7-13)23-17(18)19/h6-9,12,15,17H,2-5,10-11H2,1H3,(H,20,21)/t12-,15+,24+/m1/s1. The number of ether oxygens (including phenoxy) is 1. The van der Waals surface area contributed by atoms with Crippen LogP contribution < -0.4 is 10.1 Å². The van der Waals surface area contributed by atoms with Crippen molar-refractivity contribution in [2.75, 3.05) is 5.75 Å². The highest BCUT2D eigenvalue weighted by atomic mass is 32.2. The van der Waals surface area contributed by atoms with Crippen LogP contribution in [-0.2, 0) is 21.3 Å². The monoisotopic (exact) mass is 359 g/mol. The number of benzene rings is 1. The second-order valence-electron chi connectivity index (χ2n) is 6.19. The summed E-state index contributed by atoms with van der Waals surface area (Å²) in [6.07, 6.45) is 4.41. The molecule has 0 radical (unpaired) electrons.